The molecule has 0 aliphatic carbocycles. The summed E-state index contributed by atoms with van der Waals surface area (Å²) in [5.74, 6) is 1.32. The second kappa shape index (κ2) is 9.57. The highest BCUT2D eigenvalue weighted by molar-refractivity contribution is 5.93. The molecule has 3 aromatic rings. The van der Waals surface area contributed by atoms with Crippen LogP contribution in [0.5, 0.6) is 5.75 Å². The normalized spacial score (nSPS) is 14.6. The minimum Gasteiger partial charge on any atom is -0.489 e. The maximum atomic E-state index is 13.2. The smallest absolute Gasteiger partial charge is 0.276 e. The molecule has 0 unspecified atom stereocenters. The van der Waals surface area contributed by atoms with Crippen LogP contribution in [0, 0.1) is 27.7 Å². The van der Waals surface area contributed by atoms with Crippen molar-refractivity contribution >= 4 is 5.91 Å². The van der Waals surface area contributed by atoms with Crippen molar-refractivity contribution in [3.8, 4) is 5.75 Å². The van der Waals surface area contributed by atoms with Gasteiger partial charge >= 0.3 is 0 Å². The number of rotatable bonds is 6. The third kappa shape index (κ3) is 5.02. The lowest BCUT2D eigenvalue weighted by atomic mass is 10.1. The lowest BCUT2D eigenvalue weighted by molar-refractivity contribution is 0.0616. The largest absolute Gasteiger partial charge is 0.489 e. The van der Waals surface area contributed by atoms with Gasteiger partial charge in [-0.2, -0.15) is 0 Å². The van der Waals surface area contributed by atoms with Crippen LogP contribution in [0.3, 0.4) is 0 Å². The molecule has 1 amide bonds. The Hall–Kier alpha value is -3.12. The minimum atomic E-state index is -0.0867. The molecule has 0 atom stereocenters. The quantitative estimate of drug-likeness (QED) is 0.575. The number of amides is 1. The third-order valence-corrected chi connectivity index (χ3v) is 6.08. The Morgan fingerprint density at radius 3 is 2.38 bits per heavy atom. The Kier molecular flexibility index (Phi) is 6.61. The summed E-state index contributed by atoms with van der Waals surface area (Å²) in [6, 6.07) is 14.5. The monoisotopic (exact) mass is 433 g/mol. The summed E-state index contributed by atoms with van der Waals surface area (Å²) in [4.78, 5) is 17.5. The molecule has 1 aliphatic heterocycles. The van der Waals surface area contributed by atoms with E-state index in [2.05, 4.69) is 47.3 Å². The number of benzene rings is 2. The zero-order valence-electron chi connectivity index (χ0n) is 19.4. The van der Waals surface area contributed by atoms with Crippen LogP contribution in [0.4, 0.5) is 0 Å². The number of carbonyl (C=O) groups is 1. The van der Waals surface area contributed by atoms with Crippen molar-refractivity contribution in [3.63, 3.8) is 0 Å². The van der Waals surface area contributed by atoms with Gasteiger partial charge in [-0.05, 0) is 62.1 Å². The van der Waals surface area contributed by atoms with E-state index in [1.54, 1.807) is 0 Å². The first-order valence-corrected chi connectivity index (χ1v) is 11.1. The lowest BCUT2D eigenvalue weighted by Gasteiger charge is -2.34. The molecule has 2 heterocycles. The summed E-state index contributed by atoms with van der Waals surface area (Å²) in [6.07, 6.45) is 0. The second-order valence-corrected chi connectivity index (χ2v) is 8.67. The molecule has 6 nitrogen and oxygen atoms in total. The highest BCUT2D eigenvalue weighted by atomic mass is 16.5. The molecular formula is C26H31N3O3. The average molecular weight is 434 g/mol. The fourth-order valence-corrected chi connectivity index (χ4v) is 4.19. The molecule has 1 aliphatic rings. The molecule has 0 spiro atoms. The van der Waals surface area contributed by atoms with E-state index < -0.39 is 0 Å². The summed E-state index contributed by atoms with van der Waals surface area (Å²) < 4.78 is 11.4. The molecular weight excluding hydrogens is 402 g/mol. The summed E-state index contributed by atoms with van der Waals surface area (Å²) in [5.41, 5.74) is 6.00. The molecule has 6 heteroatoms. The van der Waals surface area contributed by atoms with Gasteiger partial charge in [-0.1, -0.05) is 35.5 Å². The number of piperazine rings is 1. The van der Waals surface area contributed by atoms with Gasteiger partial charge in [-0.25, -0.2) is 0 Å². The van der Waals surface area contributed by atoms with Crippen molar-refractivity contribution in [3.05, 3.63) is 81.7 Å². The number of aryl methyl sites for hydroxylation is 4. The van der Waals surface area contributed by atoms with Crippen molar-refractivity contribution in [1.29, 1.82) is 0 Å². The molecule has 0 radical (unpaired) electrons. The second-order valence-electron chi connectivity index (χ2n) is 8.67. The predicted octanol–water partition coefficient (Wildman–Crippen LogP) is 4.45. The highest BCUT2D eigenvalue weighted by Gasteiger charge is 2.28. The molecule has 4 rings (SSSR count). The Balaban J connectivity index is 1.38. The number of nitrogens with zero attached hydrogens (tertiary/aromatic N) is 3. The standard InChI is InChI=1S/C26H31N3O3/c1-18-13-19(2)15-23(14-18)31-17-24-21(4)32-27-25(24)26(30)29-11-9-28(10-12-29)16-22-8-6-5-7-20(22)3/h5-8,13-15H,9-12,16-17H2,1-4H3. The SMILES string of the molecule is Cc1cc(C)cc(OCc2c(C(=O)N3CCN(Cc4ccccc4C)CC3)noc2C)c1. The van der Waals surface area contributed by atoms with Crippen LogP contribution in [0.1, 0.15) is 44.1 Å². The van der Waals surface area contributed by atoms with E-state index in [1.165, 1.54) is 11.1 Å². The molecule has 1 fully saturated rings. The van der Waals surface area contributed by atoms with E-state index in [4.69, 9.17) is 9.26 Å². The summed E-state index contributed by atoms with van der Waals surface area (Å²) in [7, 11) is 0. The van der Waals surface area contributed by atoms with Gasteiger partial charge in [0.25, 0.3) is 5.91 Å². The fourth-order valence-electron chi connectivity index (χ4n) is 4.19. The highest BCUT2D eigenvalue weighted by Crippen LogP contribution is 2.22. The van der Waals surface area contributed by atoms with Gasteiger partial charge in [0.1, 0.15) is 18.1 Å². The fraction of sp³-hybridized carbons (Fsp3) is 0.385. The minimum absolute atomic E-state index is 0.0867. The molecule has 1 aromatic heterocycles. The number of ether oxygens (including phenoxy) is 1. The van der Waals surface area contributed by atoms with Crippen molar-refractivity contribution in [2.75, 3.05) is 26.2 Å². The van der Waals surface area contributed by atoms with Crippen LogP contribution in [0.25, 0.3) is 0 Å². The van der Waals surface area contributed by atoms with E-state index >= 15 is 0 Å². The zero-order chi connectivity index (χ0) is 22.7. The van der Waals surface area contributed by atoms with Crippen LogP contribution in [-0.4, -0.2) is 47.0 Å². The van der Waals surface area contributed by atoms with Crippen LogP contribution >= 0.6 is 0 Å². The van der Waals surface area contributed by atoms with Crippen LogP contribution in [0.15, 0.2) is 47.0 Å². The number of hydrogen-bond donors (Lipinski definition) is 0. The molecule has 0 saturated carbocycles. The van der Waals surface area contributed by atoms with Gasteiger partial charge in [-0.15, -0.1) is 0 Å². The van der Waals surface area contributed by atoms with Crippen molar-refractivity contribution < 1.29 is 14.1 Å². The predicted molar refractivity (Wildman–Crippen MR) is 124 cm³/mol. The Bertz CT molecular complexity index is 1080. The maximum absolute atomic E-state index is 13.2. The molecule has 1 saturated heterocycles. The van der Waals surface area contributed by atoms with E-state index in [1.807, 2.05) is 37.8 Å². The first kappa shape index (κ1) is 22.1. The zero-order valence-corrected chi connectivity index (χ0v) is 19.4. The van der Waals surface area contributed by atoms with Crippen molar-refractivity contribution in [2.24, 2.45) is 0 Å². The van der Waals surface area contributed by atoms with Gasteiger partial charge in [-0.3, -0.25) is 9.69 Å². The molecule has 32 heavy (non-hydrogen) atoms. The Labute approximate surface area is 189 Å². The topological polar surface area (TPSA) is 58.8 Å². The summed E-state index contributed by atoms with van der Waals surface area (Å²) in [5, 5.41) is 4.08. The number of carbonyl (C=O) groups excluding carboxylic acids is 1. The van der Waals surface area contributed by atoms with Gasteiger partial charge in [0.15, 0.2) is 5.69 Å². The van der Waals surface area contributed by atoms with E-state index in [9.17, 15) is 4.79 Å². The van der Waals surface area contributed by atoms with Gasteiger partial charge < -0.3 is 14.2 Å². The number of hydrogen-bond acceptors (Lipinski definition) is 5. The van der Waals surface area contributed by atoms with Crippen LogP contribution < -0.4 is 4.74 Å². The van der Waals surface area contributed by atoms with Crippen molar-refractivity contribution in [1.82, 2.24) is 15.0 Å². The molecule has 2 aromatic carbocycles. The molecule has 168 valence electrons. The maximum Gasteiger partial charge on any atom is 0.276 e. The third-order valence-electron chi connectivity index (χ3n) is 6.08. The van der Waals surface area contributed by atoms with Crippen molar-refractivity contribution in [2.45, 2.75) is 40.8 Å². The number of aromatic nitrogens is 1. The average Bonchev–Trinajstić information content (AvgIpc) is 3.13. The first-order valence-electron chi connectivity index (χ1n) is 11.1. The van der Waals surface area contributed by atoms with E-state index in [0.29, 0.717) is 24.5 Å². The van der Waals surface area contributed by atoms with E-state index in [0.717, 1.165) is 42.1 Å². The lowest BCUT2D eigenvalue weighted by Crippen LogP contribution is -2.48. The Morgan fingerprint density at radius 1 is 1.00 bits per heavy atom. The van der Waals surface area contributed by atoms with Crippen LogP contribution in [-0.2, 0) is 13.2 Å². The van der Waals surface area contributed by atoms with E-state index in [-0.39, 0.29) is 12.5 Å². The summed E-state index contributed by atoms with van der Waals surface area (Å²) >= 11 is 0. The van der Waals surface area contributed by atoms with Gasteiger partial charge in [0.05, 0.1) is 5.56 Å². The van der Waals surface area contributed by atoms with Gasteiger partial charge in [0.2, 0.25) is 0 Å². The molecule has 0 bridgehead atoms. The summed E-state index contributed by atoms with van der Waals surface area (Å²) in [6.45, 7) is 12.2. The first-order chi connectivity index (χ1) is 15.4. The van der Waals surface area contributed by atoms with Crippen LogP contribution in [0.2, 0.25) is 0 Å². The van der Waals surface area contributed by atoms with Gasteiger partial charge in [0, 0.05) is 32.7 Å². The Morgan fingerprint density at radius 2 is 1.69 bits per heavy atom. The molecule has 0 N–H and O–H groups in total.